The van der Waals surface area contributed by atoms with Crippen LogP contribution in [0.4, 0.5) is 5.69 Å². The minimum absolute atomic E-state index is 0.00860. The van der Waals surface area contributed by atoms with E-state index in [0.717, 1.165) is 17.1 Å². The first-order chi connectivity index (χ1) is 13.9. The average Bonchev–Trinajstić information content (AvgIpc) is 2.75. The fraction of sp³-hybridized carbons (Fsp3) is 0.381. The largest absolute Gasteiger partial charge is 0.497 e. The molecule has 0 radical (unpaired) electrons. The molecular formula is C21H28N2O5S. The Morgan fingerprint density at radius 3 is 2.17 bits per heavy atom. The van der Waals surface area contributed by atoms with Crippen molar-refractivity contribution < 1.29 is 22.7 Å². The minimum atomic E-state index is -4.02. The number of rotatable bonds is 10. The van der Waals surface area contributed by atoms with Crippen LogP contribution in [0, 0.1) is 0 Å². The highest BCUT2D eigenvalue weighted by molar-refractivity contribution is 7.92. The number of hydrogen-bond donors (Lipinski definition) is 1. The van der Waals surface area contributed by atoms with E-state index in [1.807, 2.05) is 13.8 Å². The molecule has 1 amide bonds. The van der Waals surface area contributed by atoms with Crippen molar-refractivity contribution in [1.82, 2.24) is 5.32 Å². The maximum atomic E-state index is 13.4. The molecular weight excluding hydrogens is 392 g/mol. The van der Waals surface area contributed by atoms with Gasteiger partial charge in [-0.05, 0) is 49.2 Å². The Morgan fingerprint density at radius 2 is 1.62 bits per heavy atom. The molecule has 158 valence electrons. The summed E-state index contributed by atoms with van der Waals surface area (Å²) in [6.45, 7) is 3.59. The smallest absolute Gasteiger partial charge is 0.264 e. The predicted octanol–water partition coefficient (Wildman–Crippen LogP) is 3.20. The zero-order valence-electron chi connectivity index (χ0n) is 17.2. The number of sulfonamides is 1. The van der Waals surface area contributed by atoms with E-state index < -0.39 is 10.0 Å². The van der Waals surface area contributed by atoms with Gasteiger partial charge in [-0.3, -0.25) is 9.10 Å². The van der Waals surface area contributed by atoms with Gasteiger partial charge in [0.25, 0.3) is 10.0 Å². The Morgan fingerprint density at radius 1 is 1.00 bits per heavy atom. The fourth-order valence-electron chi connectivity index (χ4n) is 2.91. The van der Waals surface area contributed by atoms with Crippen molar-refractivity contribution in [3.63, 3.8) is 0 Å². The molecule has 0 aliphatic carbocycles. The number of nitrogens with zero attached hydrogens (tertiary/aromatic N) is 1. The summed E-state index contributed by atoms with van der Waals surface area (Å²) in [6, 6.07) is 12.7. The van der Waals surface area contributed by atoms with Gasteiger partial charge in [0, 0.05) is 6.04 Å². The number of anilines is 1. The molecule has 2 aromatic rings. The summed E-state index contributed by atoms with van der Waals surface area (Å²) in [6.07, 6.45) is 1.53. The number of ether oxygens (including phenoxy) is 2. The zero-order chi connectivity index (χ0) is 21.4. The van der Waals surface area contributed by atoms with E-state index in [0.29, 0.717) is 17.2 Å². The van der Waals surface area contributed by atoms with Crippen LogP contribution in [-0.2, 0) is 14.8 Å². The number of methoxy groups -OCH3 is 2. The van der Waals surface area contributed by atoms with E-state index in [1.54, 1.807) is 36.4 Å². The first-order valence-electron chi connectivity index (χ1n) is 9.46. The quantitative estimate of drug-likeness (QED) is 0.638. The second kappa shape index (κ2) is 10.2. The number of benzene rings is 2. The van der Waals surface area contributed by atoms with Crippen molar-refractivity contribution >= 4 is 21.6 Å². The van der Waals surface area contributed by atoms with Crippen LogP contribution in [0.1, 0.15) is 26.7 Å². The lowest BCUT2D eigenvalue weighted by atomic mass is 10.2. The number of carbonyl (C=O) groups excluding carboxylic acids is 1. The van der Waals surface area contributed by atoms with E-state index in [2.05, 4.69) is 5.32 Å². The standard InChI is InChI=1S/C21H28N2O5S/c1-5-16(6-2)22-21(24)15-23(19-9-7-8-10-20(19)28-4)29(25,26)18-13-11-17(27-3)12-14-18/h7-14,16H,5-6,15H2,1-4H3,(H,22,24). The van der Waals surface area contributed by atoms with Crippen molar-refractivity contribution in [2.24, 2.45) is 0 Å². The summed E-state index contributed by atoms with van der Waals surface area (Å²) in [5.41, 5.74) is 0.297. The van der Waals surface area contributed by atoms with Crippen LogP contribution in [-0.4, -0.2) is 41.1 Å². The van der Waals surface area contributed by atoms with Crippen LogP contribution in [0.3, 0.4) is 0 Å². The summed E-state index contributed by atoms with van der Waals surface area (Å²) in [5.74, 6) is 0.529. The van der Waals surface area contributed by atoms with Crippen LogP contribution in [0.25, 0.3) is 0 Å². The highest BCUT2D eigenvalue weighted by Gasteiger charge is 2.29. The van der Waals surface area contributed by atoms with Gasteiger partial charge in [0.2, 0.25) is 5.91 Å². The Kier molecular flexibility index (Phi) is 7.90. The zero-order valence-corrected chi connectivity index (χ0v) is 18.0. The van der Waals surface area contributed by atoms with Crippen molar-refractivity contribution in [2.45, 2.75) is 37.6 Å². The fourth-order valence-corrected chi connectivity index (χ4v) is 4.34. The summed E-state index contributed by atoms with van der Waals surface area (Å²) in [5, 5.41) is 2.89. The molecule has 0 aromatic heterocycles. The first kappa shape index (κ1) is 22.5. The number of carbonyl (C=O) groups is 1. The molecule has 8 heteroatoms. The van der Waals surface area contributed by atoms with E-state index in [1.165, 1.54) is 26.4 Å². The Hall–Kier alpha value is -2.74. The van der Waals surface area contributed by atoms with Gasteiger partial charge in [-0.15, -0.1) is 0 Å². The maximum Gasteiger partial charge on any atom is 0.264 e. The molecule has 0 fully saturated rings. The van der Waals surface area contributed by atoms with Crippen molar-refractivity contribution in [3.05, 3.63) is 48.5 Å². The lowest BCUT2D eigenvalue weighted by Gasteiger charge is -2.26. The van der Waals surface area contributed by atoms with Gasteiger partial charge >= 0.3 is 0 Å². The van der Waals surface area contributed by atoms with Gasteiger partial charge in [-0.2, -0.15) is 0 Å². The topological polar surface area (TPSA) is 84.9 Å². The third-order valence-electron chi connectivity index (χ3n) is 4.64. The van der Waals surface area contributed by atoms with Gasteiger partial charge in [-0.1, -0.05) is 26.0 Å². The Balaban J connectivity index is 2.46. The SMILES string of the molecule is CCC(CC)NC(=O)CN(c1ccccc1OC)S(=O)(=O)c1ccc(OC)cc1. The van der Waals surface area contributed by atoms with Gasteiger partial charge in [0.1, 0.15) is 18.0 Å². The molecule has 0 aliphatic rings. The molecule has 0 bridgehead atoms. The third kappa shape index (κ3) is 5.41. The monoisotopic (exact) mass is 420 g/mol. The lowest BCUT2D eigenvalue weighted by molar-refractivity contribution is -0.120. The second-order valence-corrected chi connectivity index (χ2v) is 8.30. The Labute approximate surface area is 172 Å². The van der Waals surface area contributed by atoms with Crippen molar-refractivity contribution in [2.75, 3.05) is 25.1 Å². The molecule has 0 atom stereocenters. The number of para-hydroxylation sites is 2. The van der Waals surface area contributed by atoms with Crippen molar-refractivity contribution in [1.29, 1.82) is 0 Å². The molecule has 0 saturated heterocycles. The van der Waals surface area contributed by atoms with Crippen LogP contribution < -0.4 is 19.1 Å². The maximum absolute atomic E-state index is 13.4. The normalized spacial score (nSPS) is 11.2. The highest BCUT2D eigenvalue weighted by Crippen LogP contribution is 2.32. The molecule has 1 N–H and O–H groups in total. The summed E-state index contributed by atoms with van der Waals surface area (Å²) in [7, 11) is -1.05. The summed E-state index contributed by atoms with van der Waals surface area (Å²) >= 11 is 0. The Bertz CT molecular complexity index is 909. The predicted molar refractivity (Wildman–Crippen MR) is 113 cm³/mol. The van der Waals surface area contributed by atoms with Crippen molar-refractivity contribution in [3.8, 4) is 11.5 Å². The van der Waals surface area contributed by atoms with E-state index in [4.69, 9.17) is 9.47 Å². The number of nitrogens with one attached hydrogen (secondary N) is 1. The summed E-state index contributed by atoms with van der Waals surface area (Å²) in [4.78, 5) is 12.7. The molecule has 0 saturated carbocycles. The van der Waals surface area contributed by atoms with Crippen LogP contribution in [0.2, 0.25) is 0 Å². The summed E-state index contributed by atoms with van der Waals surface area (Å²) < 4.78 is 38.3. The molecule has 29 heavy (non-hydrogen) atoms. The lowest BCUT2D eigenvalue weighted by Crippen LogP contribution is -2.44. The molecule has 0 spiro atoms. The molecule has 0 aliphatic heterocycles. The second-order valence-electron chi connectivity index (χ2n) is 6.44. The molecule has 0 heterocycles. The van der Waals surface area contributed by atoms with E-state index >= 15 is 0 Å². The van der Waals surface area contributed by atoms with Gasteiger partial charge in [-0.25, -0.2) is 8.42 Å². The first-order valence-corrected chi connectivity index (χ1v) is 10.9. The molecule has 2 aromatic carbocycles. The van der Waals surface area contributed by atoms with E-state index in [-0.39, 0.29) is 23.4 Å². The van der Waals surface area contributed by atoms with Crippen LogP contribution >= 0.6 is 0 Å². The third-order valence-corrected chi connectivity index (χ3v) is 6.41. The minimum Gasteiger partial charge on any atom is -0.497 e. The highest BCUT2D eigenvalue weighted by atomic mass is 32.2. The van der Waals surface area contributed by atoms with Gasteiger partial charge < -0.3 is 14.8 Å². The van der Waals surface area contributed by atoms with Crippen LogP contribution in [0.15, 0.2) is 53.4 Å². The van der Waals surface area contributed by atoms with E-state index in [9.17, 15) is 13.2 Å². The molecule has 2 rings (SSSR count). The number of amides is 1. The van der Waals surface area contributed by atoms with Gasteiger partial charge in [0.05, 0.1) is 24.8 Å². The number of hydrogen-bond acceptors (Lipinski definition) is 5. The average molecular weight is 421 g/mol. The molecule has 0 unspecified atom stereocenters. The van der Waals surface area contributed by atoms with Crippen LogP contribution in [0.5, 0.6) is 11.5 Å². The molecule has 7 nitrogen and oxygen atoms in total. The van der Waals surface area contributed by atoms with Gasteiger partial charge in [0.15, 0.2) is 0 Å².